The highest BCUT2D eigenvalue weighted by molar-refractivity contribution is 7.89. The van der Waals surface area contributed by atoms with Gasteiger partial charge in [0.25, 0.3) is 11.8 Å². The molecule has 54 heavy (non-hydrogen) atoms. The molecule has 0 unspecified atom stereocenters. The van der Waals surface area contributed by atoms with Crippen molar-refractivity contribution >= 4 is 67.0 Å². The highest BCUT2D eigenvalue weighted by Crippen LogP contribution is 2.21. The first kappa shape index (κ1) is 38.5. The number of hydrogen-bond acceptors (Lipinski definition) is 14. The zero-order chi connectivity index (χ0) is 39.5. The van der Waals surface area contributed by atoms with Crippen LogP contribution in [0.2, 0.25) is 0 Å². The number of aromatic nitrogens is 6. The van der Waals surface area contributed by atoms with Crippen LogP contribution in [0.1, 0.15) is 20.7 Å². The Kier molecular flexibility index (Phi) is 10.7. The number of nitrogens with two attached hydrogens (primary N) is 4. The summed E-state index contributed by atoms with van der Waals surface area (Å²) in [5, 5.41) is 22.9. The monoisotopic (exact) mass is 788 g/mol. The third-order valence-corrected chi connectivity index (χ3v) is 8.74. The molecular weight excluding hydrogens is 765 g/mol. The molecule has 10 N–H and O–H groups in total. The molecule has 0 amide bonds. The highest BCUT2D eigenvalue weighted by Gasteiger charge is 2.24. The van der Waals surface area contributed by atoms with Gasteiger partial charge in [0.2, 0.25) is 43.8 Å². The molecule has 0 aliphatic heterocycles. The average molecular weight is 789 g/mol. The first-order chi connectivity index (χ1) is 25.3. The molecule has 0 bridgehead atoms. The van der Waals surface area contributed by atoms with Crippen LogP contribution in [0.5, 0.6) is 0 Å². The first-order valence-electron chi connectivity index (χ1n) is 14.6. The largest absolute Gasteiger partial charge is 0.368 e. The van der Waals surface area contributed by atoms with E-state index in [9.17, 15) is 44.0 Å². The van der Waals surface area contributed by atoms with Crippen LogP contribution in [0.25, 0.3) is 0 Å². The van der Waals surface area contributed by atoms with Crippen molar-refractivity contribution in [2.75, 3.05) is 22.1 Å². The van der Waals surface area contributed by atoms with Crippen molar-refractivity contribution in [3.63, 3.8) is 0 Å². The minimum Gasteiger partial charge on any atom is -0.368 e. The minimum absolute atomic E-state index is 0.101. The highest BCUT2D eigenvalue weighted by atomic mass is 32.2. The van der Waals surface area contributed by atoms with Gasteiger partial charge in [-0.15, -0.1) is 10.2 Å². The Morgan fingerprint density at radius 1 is 0.537 bits per heavy atom. The minimum atomic E-state index is -3.84. The molecule has 0 saturated heterocycles. The van der Waals surface area contributed by atoms with Crippen LogP contribution < -0.4 is 32.4 Å². The Morgan fingerprint density at radius 2 is 0.833 bits per heavy atom. The molecule has 2 aromatic heterocycles. The second-order valence-corrected chi connectivity index (χ2v) is 13.7. The van der Waals surface area contributed by atoms with Gasteiger partial charge in [0.05, 0.1) is 9.79 Å². The fraction of sp³-hybridized carbons (Fsp3) is 0. The number of nitrogens with one attached hydrogen (secondary N) is 2. The predicted octanol–water partition coefficient (Wildman–Crippen LogP) is 2.44. The van der Waals surface area contributed by atoms with Gasteiger partial charge in [-0.2, -0.15) is 19.3 Å². The zero-order valence-electron chi connectivity index (χ0n) is 26.9. The van der Waals surface area contributed by atoms with Gasteiger partial charge >= 0.3 is 0 Å². The summed E-state index contributed by atoms with van der Waals surface area (Å²) in [5.74, 6) is -7.60. The molecule has 0 radical (unpaired) electrons. The molecule has 6 aromatic rings. The third-order valence-electron chi connectivity index (χ3n) is 6.88. The number of nitrogens with zero attached hydrogens (tertiary/aromatic N) is 6. The molecule has 0 aliphatic rings. The maximum atomic E-state index is 13.8. The summed E-state index contributed by atoms with van der Waals surface area (Å²) in [4.78, 5) is 32.0. The molecule has 18 nitrogen and oxygen atoms in total. The summed E-state index contributed by atoms with van der Waals surface area (Å²) in [5.41, 5.74) is 10.3. The number of rotatable bonds is 8. The number of anilines is 6. The van der Waals surface area contributed by atoms with Crippen LogP contribution in [0.15, 0.2) is 94.7 Å². The van der Waals surface area contributed by atoms with Gasteiger partial charge in [0, 0.05) is 11.4 Å². The van der Waals surface area contributed by atoms with Crippen LogP contribution in [0.4, 0.5) is 52.7 Å². The van der Waals surface area contributed by atoms with Crippen LogP contribution >= 0.6 is 0 Å². The van der Waals surface area contributed by atoms with E-state index in [2.05, 4.69) is 30.8 Å². The maximum absolute atomic E-state index is 13.8. The molecule has 280 valence electrons. The van der Waals surface area contributed by atoms with Gasteiger partial charge in [-0.1, -0.05) is 12.1 Å². The summed E-state index contributed by atoms with van der Waals surface area (Å²) in [7, 11) is -7.69. The summed E-state index contributed by atoms with van der Waals surface area (Å²) >= 11 is 0. The van der Waals surface area contributed by atoms with Crippen LogP contribution in [0.3, 0.4) is 0 Å². The van der Waals surface area contributed by atoms with Crippen molar-refractivity contribution in [1.82, 2.24) is 29.5 Å². The summed E-state index contributed by atoms with van der Waals surface area (Å²) in [6, 6.07) is 16.5. The molecule has 0 aliphatic carbocycles. The van der Waals surface area contributed by atoms with Gasteiger partial charge < -0.3 is 22.1 Å². The molecule has 6 rings (SSSR count). The van der Waals surface area contributed by atoms with Crippen LogP contribution in [-0.2, 0) is 20.0 Å². The van der Waals surface area contributed by atoms with Gasteiger partial charge in [-0.3, -0.25) is 9.59 Å². The van der Waals surface area contributed by atoms with Crippen molar-refractivity contribution < 1.29 is 44.0 Å². The Balaban J connectivity index is 0.000000208. The number of benzene rings is 4. The van der Waals surface area contributed by atoms with E-state index in [1.807, 2.05) is 0 Å². The second-order valence-electron chi connectivity index (χ2n) is 10.6. The Bertz CT molecular complexity index is 2400. The van der Waals surface area contributed by atoms with E-state index in [1.54, 1.807) is 0 Å². The van der Waals surface area contributed by atoms with E-state index >= 15 is 0 Å². The van der Waals surface area contributed by atoms with E-state index in [1.165, 1.54) is 48.5 Å². The lowest BCUT2D eigenvalue weighted by molar-refractivity contribution is 0.0931. The fourth-order valence-electron chi connectivity index (χ4n) is 4.38. The molecule has 0 saturated carbocycles. The molecule has 24 heteroatoms. The van der Waals surface area contributed by atoms with Crippen LogP contribution in [-0.4, -0.2) is 58.2 Å². The predicted molar refractivity (Wildman–Crippen MR) is 183 cm³/mol. The third kappa shape index (κ3) is 8.64. The van der Waals surface area contributed by atoms with Gasteiger partial charge in [0.1, 0.15) is 34.4 Å². The summed E-state index contributed by atoms with van der Waals surface area (Å²) in [6.45, 7) is 0. The number of halogens is 4. The van der Waals surface area contributed by atoms with Crippen LogP contribution in [0, 0.1) is 23.3 Å². The SMILES string of the molecule is Nc1nc(Nc2ccc(S(N)(=O)=O)cc2)nn1C(=O)c1c(F)cccc1F.Nc1nc(Nc2ccc(S(N)(=O)=O)cc2)nn1C(=O)c1c(F)cccc1F. The van der Waals surface area contributed by atoms with Gasteiger partial charge in [0.15, 0.2) is 0 Å². The van der Waals surface area contributed by atoms with Crippen molar-refractivity contribution in [2.24, 2.45) is 10.3 Å². The lowest BCUT2D eigenvalue weighted by Crippen LogP contribution is -2.19. The Hall–Kier alpha value is -6.76. The van der Waals surface area contributed by atoms with Gasteiger partial charge in [-0.25, -0.2) is 44.7 Å². The average Bonchev–Trinajstić information content (AvgIpc) is 3.65. The Labute approximate surface area is 301 Å². The maximum Gasteiger partial charge on any atom is 0.287 e. The van der Waals surface area contributed by atoms with E-state index < -0.39 is 78.2 Å². The molecule has 0 fully saturated rings. The second kappa shape index (κ2) is 15.1. The van der Waals surface area contributed by atoms with E-state index in [0.717, 1.165) is 36.4 Å². The molecular formula is C30H24F4N12O6S2. The van der Waals surface area contributed by atoms with Gasteiger partial charge in [-0.05, 0) is 72.8 Å². The first-order valence-corrected chi connectivity index (χ1v) is 17.6. The van der Waals surface area contributed by atoms with Crippen molar-refractivity contribution in [1.29, 1.82) is 0 Å². The summed E-state index contributed by atoms with van der Waals surface area (Å²) < 4.78 is 101. The smallest absolute Gasteiger partial charge is 0.287 e. The van der Waals surface area contributed by atoms with E-state index in [4.69, 9.17) is 21.7 Å². The van der Waals surface area contributed by atoms with E-state index in [0.29, 0.717) is 20.7 Å². The van der Waals surface area contributed by atoms with E-state index in [-0.39, 0.29) is 21.7 Å². The fourth-order valence-corrected chi connectivity index (χ4v) is 5.41. The summed E-state index contributed by atoms with van der Waals surface area (Å²) in [6.07, 6.45) is 0. The number of primary sulfonamides is 2. The number of sulfonamides is 2. The number of hydrogen-bond donors (Lipinski definition) is 6. The van der Waals surface area contributed by atoms with Crippen molar-refractivity contribution in [3.8, 4) is 0 Å². The molecule has 0 atom stereocenters. The molecule has 4 aromatic carbocycles. The number of nitrogen functional groups attached to an aromatic ring is 2. The molecule has 0 spiro atoms. The Morgan fingerprint density at radius 3 is 1.11 bits per heavy atom. The standard InChI is InChI=1S/2C15H12F2N6O3S/c2*16-10-2-1-3-11(17)12(10)13(24)23-14(18)21-15(22-23)20-8-4-6-9(7-5-8)27(19,25)26/h2*1-7H,(H2,19,25,26)(H3,18,20,21,22). The number of carbonyl (C=O) groups is 2. The zero-order valence-corrected chi connectivity index (χ0v) is 28.5. The molecule has 2 heterocycles. The normalized spacial score (nSPS) is 11.4. The topological polar surface area (TPSA) is 292 Å². The van der Waals surface area contributed by atoms with Crippen molar-refractivity contribution in [2.45, 2.75) is 9.79 Å². The quantitative estimate of drug-likeness (QED) is 0.121. The number of carbonyl (C=O) groups excluding carboxylic acids is 2. The lowest BCUT2D eigenvalue weighted by Gasteiger charge is -2.04. The van der Waals surface area contributed by atoms with Crippen molar-refractivity contribution in [3.05, 3.63) is 119 Å². The lowest BCUT2D eigenvalue weighted by atomic mass is 10.2.